The summed E-state index contributed by atoms with van der Waals surface area (Å²) in [5, 5.41) is 0.0255. The minimum atomic E-state index is -1.32. The monoisotopic (exact) mass is 230 g/mol. The molecule has 1 unspecified atom stereocenters. The molecule has 0 N–H and O–H groups in total. The fourth-order valence-electron chi connectivity index (χ4n) is 1.18. The highest BCUT2D eigenvalue weighted by Gasteiger charge is 2.26. The number of ether oxygens (including phenoxy) is 1. The number of rotatable bonds is 3. The highest BCUT2D eigenvalue weighted by Crippen LogP contribution is 2.26. The molecule has 15 heavy (non-hydrogen) atoms. The Balaban J connectivity index is 3.23. The predicted molar refractivity (Wildman–Crippen MR) is 52.2 cm³/mol. The number of aldehydes is 1. The SMILES string of the molecule is COC(=O)C(C=O)c1c(F)cccc1Cl. The summed E-state index contributed by atoms with van der Waals surface area (Å²) in [4.78, 5) is 21.9. The second-order valence-electron chi connectivity index (χ2n) is 2.77. The van der Waals surface area contributed by atoms with E-state index in [0.717, 1.165) is 13.2 Å². The predicted octanol–water partition coefficient (Wildman–Crippen LogP) is 1.93. The lowest BCUT2D eigenvalue weighted by Crippen LogP contribution is -2.17. The van der Waals surface area contributed by atoms with E-state index in [-0.39, 0.29) is 10.6 Å². The van der Waals surface area contributed by atoms with Crippen molar-refractivity contribution in [2.24, 2.45) is 0 Å². The lowest BCUT2D eigenvalue weighted by molar-refractivity contribution is -0.143. The molecule has 0 aromatic heterocycles. The van der Waals surface area contributed by atoms with Crippen molar-refractivity contribution in [2.45, 2.75) is 5.92 Å². The van der Waals surface area contributed by atoms with Crippen molar-refractivity contribution in [2.75, 3.05) is 7.11 Å². The molecule has 0 radical (unpaired) electrons. The third-order valence-corrected chi connectivity index (χ3v) is 2.23. The first kappa shape index (κ1) is 11.7. The number of carbonyl (C=O) groups is 2. The number of hydrogen-bond acceptors (Lipinski definition) is 3. The molecule has 80 valence electrons. The van der Waals surface area contributed by atoms with Crippen LogP contribution in [-0.2, 0) is 14.3 Å². The zero-order valence-electron chi connectivity index (χ0n) is 7.87. The summed E-state index contributed by atoms with van der Waals surface area (Å²) in [6.07, 6.45) is 0.302. The van der Waals surface area contributed by atoms with Gasteiger partial charge in [-0.05, 0) is 12.1 Å². The Bertz CT molecular complexity index is 372. The van der Waals surface area contributed by atoms with Crippen molar-refractivity contribution < 1.29 is 18.7 Å². The zero-order chi connectivity index (χ0) is 11.4. The van der Waals surface area contributed by atoms with Crippen LogP contribution in [0, 0.1) is 5.82 Å². The highest BCUT2D eigenvalue weighted by atomic mass is 35.5. The van der Waals surface area contributed by atoms with Gasteiger partial charge >= 0.3 is 5.97 Å². The molecule has 0 saturated heterocycles. The number of benzene rings is 1. The summed E-state index contributed by atoms with van der Waals surface area (Å²) in [7, 11) is 1.12. The summed E-state index contributed by atoms with van der Waals surface area (Å²) in [5.74, 6) is -2.86. The van der Waals surface area contributed by atoms with Crippen molar-refractivity contribution in [3.8, 4) is 0 Å². The van der Waals surface area contributed by atoms with Gasteiger partial charge in [0.25, 0.3) is 0 Å². The van der Waals surface area contributed by atoms with Crippen LogP contribution < -0.4 is 0 Å². The second kappa shape index (κ2) is 4.89. The van der Waals surface area contributed by atoms with E-state index in [0.29, 0.717) is 6.29 Å². The van der Waals surface area contributed by atoms with Crippen LogP contribution in [-0.4, -0.2) is 19.4 Å². The topological polar surface area (TPSA) is 43.4 Å². The Morgan fingerprint density at radius 2 is 2.27 bits per heavy atom. The molecule has 0 aliphatic carbocycles. The molecule has 0 aliphatic rings. The quantitative estimate of drug-likeness (QED) is 0.453. The van der Waals surface area contributed by atoms with E-state index in [1.54, 1.807) is 0 Å². The van der Waals surface area contributed by atoms with E-state index in [1.807, 2.05) is 0 Å². The van der Waals surface area contributed by atoms with Gasteiger partial charge in [-0.2, -0.15) is 0 Å². The van der Waals surface area contributed by atoms with E-state index < -0.39 is 17.7 Å². The molecule has 1 aromatic rings. The molecular formula is C10H8ClFO3. The van der Waals surface area contributed by atoms with E-state index in [4.69, 9.17) is 11.6 Å². The Labute approximate surface area is 90.8 Å². The maximum atomic E-state index is 13.3. The fourth-order valence-corrected chi connectivity index (χ4v) is 1.46. The van der Waals surface area contributed by atoms with Gasteiger partial charge in [0, 0.05) is 10.6 Å². The first-order chi connectivity index (χ1) is 7.11. The van der Waals surface area contributed by atoms with E-state index >= 15 is 0 Å². The molecule has 0 heterocycles. The van der Waals surface area contributed by atoms with Crippen molar-refractivity contribution in [3.05, 3.63) is 34.6 Å². The molecule has 1 rings (SSSR count). The molecule has 0 bridgehead atoms. The van der Waals surface area contributed by atoms with Crippen LogP contribution in [0.1, 0.15) is 11.5 Å². The molecule has 0 aliphatic heterocycles. The fraction of sp³-hybridized carbons (Fsp3) is 0.200. The van der Waals surface area contributed by atoms with Gasteiger partial charge in [-0.25, -0.2) is 4.39 Å². The number of halogens is 2. The zero-order valence-corrected chi connectivity index (χ0v) is 8.62. The Kier molecular flexibility index (Phi) is 3.80. The van der Waals surface area contributed by atoms with Gasteiger partial charge in [-0.15, -0.1) is 0 Å². The lowest BCUT2D eigenvalue weighted by atomic mass is 10.0. The summed E-state index contributed by atoms with van der Waals surface area (Å²) in [6, 6.07) is 3.92. The Hall–Kier alpha value is -1.42. The lowest BCUT2D eigenvalue weighted by Gasteiger charge is -2.10. The van der Waals surface area contributed by atoms with E-state index in [9.17, 15) is 14.0 Å². The van der Waals surface area contributed by atoms with Crippen molar-refractivity contribution >= 4 is 23.9 Å². The number of hydrogen-bond donors (Lipinski definition) is 0. The Morgan fingerprint density at radius 1 is 1.60 bits per heavy atom. The average molecular weight is 231 g/mol. The van der Waals surface area contributed by atoms with Gasteiger partial charge in [-0.1, -0.05) is 17.7 Å². The maximum Gasteiger partial charge on any atom is 0.320 e. The van der Waals surface area contributed by atoms with Crippen LogP contribution in [0.5, 0.6) is 0 Å². The van der Waals surface area contributed by atoms with Crippen LogP contribution in [0.2, 0.25) is 5.02 Å². The van der Waals surface area contributed by atoms with Crippen LogP contribution in [0.15, 0.2) is 18.2 Å². The van der Waals surface area contributed by atoms with Crippen molar-refractivity contribution in [3.63, 3.8) is 0 Å². The van der Waals surface area contributed by atoms with Gasteiger partial charge in [0.15, 0.2) is 0 Å². The van der Waals surface area contributed by atoms with Crippen LogP contribution in [0.3, 0.4) is 0 Å². The van der Waals surface area contributed by atoms with Crippen LogP contribution in [0.4, 0.5) is 4.39 Å². The van der Waals surface area contributed by atoms with Crippen LogP contribution in [0.25, 0.3) is 0 Å². The summed E-state index contributed by atoms with van der Waals surface area (Å²) in [5.41, 5.74) is -0.152. The number of carbonyl (C=O) groups excluding carboxylic acids is 2. The third kappa shape index (κ3) is 2.33. The minimum Gasteiger partial charge on any atom is -0.468 e. The van der Waals surface area contributed by atoms with Gasteiger partial charge in [0.05, 0.1) is 7.11 Å². The van der Waals surface area contributed by atoms with Crippen molar-refractivity contribution in [1.82, 2.24) is 0 Å². The number of esters is 1. The van der Waals surface area contributed by atoms with E-state index in [1.165, 1.54) is 12.1 Å². The van der Waals surface area contributed by atoms with Crippen molar-refractivity contribution in [1.29, 1.82) is 0 Å². The standard InChI is InChI=1S/C10H8ClFO3/c1-15-10(14)6(5-13)9-7(11)3-2-4-8(9)12/h2-6H,1H3. The molecule has 1 aromatic carbocycles. The maximum absolute atomic E-state index is 13.3. The summed E-state index contributed by atoms with van der Waals surface area (Å²) >= 11 is 5.70. The van der Waals surface area contributed by atoms with Gasteiger partial charge in [0.1, 0.15) is 18.0 Å². The summed E-state index contributed by atoms with van der Waals surface area (Å²) < 4.78 is 17.7. The molecule has 3 nitrogen and oxygen atoms in total. The molecule has 0 amide bonds. The highest BCUT2D eigenvalue weighted by molar-refractivity contribution is 6.32. The molecule has 5 heteroatoms. The average Bonchev–Trinajstić information content (AvgIpc) is 2.22. The second-order valence-corrected chi connectivity index (χ2v) is 3.18. The molecule has 0 saturated carbocycles. The number of methoxy groups -OCH3 is 1. The van der Waals surface area contributed by atoms with Crippen LogP contribution >= 0.6 is 11.6 Å². The first-order valence-corrected chi connectivity index (χ1v) is 4.46. The third-order valence-electron chi connectivity index (χ3n) is 1.90. The first-order valence-electron chi connectivity index (χ1n) is 4.08. The normalized spacial score (nSPS) is 11.9. The molecule has 0 fully saturated rings. The van der Waals surface area contributed by atoms with Gasteiger partial charge in [-0.3, -0.25) is 4.79 Å². The molecular weight excluding hydrogens is 223 g/mol. The van der Waals surface area contributed by atoms with Gasteiger partial charge < -0.3 is 9.53 Å². The molecule has 1 atom stereocenters. The Morgan fingerprint density at radius 3 is 2.73 bits per heavy atom. The minimum absolute atomic E-state index is 0.0255. The van der Waals surface area contributed by atoms with Gasteiger partial charge in [0.2, 0.25) is 0 Å². The van der Waals surface area contributed by atoms with E-state index in [2.05, 4.69) is 4.74 Å². The summed E-state index contributed by atoms with van der Waals surface area (Å²) in [6.45, 7) is 0. The largest absolute Gasteiger partial charge is 0.468 e. The smallest absolute Gasteiger partial charge is 0.320 e. The molecule has 0 spiro atoms.